The molecule has 0 N–H and O–H groups in total. The quantitative estimate of drug-likeness (QED) is 0.772. The molecule has 2 aliphatic rings. The van der Waals surface area contributed by atoms with Gasteiger partial charge >= 0.3 is 0 Å². The Kier molecular flexibility index (Phi) is 6.04. The van der Waals surface area contributed by atoms with Crippen LogP contribution in [0.4, 0.5) is 5.69 Å². The Morgan fingerprint density at radius 2 is 1.97 bits per heavy atom. The minimum absolute atomic E-state index is 0.00630. The van der Waals surface area contributed by atoms with Crippen molar-refractivity contribution in [1.82, 2.24) is 14.8 Å². The van der Waals surface area contributed by atoms with E-state index in [0.717, 1.165) is 57.0 Å². The number of ether oxygens (including phenoxy) is 1. The van der Waals surface area contributed by atoms with E-state index >= 15 is 0 Å². The predicted octanol–water partition coefficient (Wildman–Crippen LogP) is 3.02. The number of likely N-dealkylation sites (tertiary alicyclic amines) is 1. The van der Waals surface area contributed by atoms with Gasteiger partial charge in [-0.15, -0.1) is 0 Å². The van der Waals surface area contributed by atoms with Crippen LogP contribution >= 0.6 is 0 Å². The van der Waals surface area contributed by atoms with Gasteiger partial charge in [-0.1, -0.05) is 12.1 Å². The second-order valence-electron chi connectivity index (χ2n) is 7.90. The first-order chi connectivity index (χ1) is 14.2. The number of nitrogens with zero attached hydrogens (tertiary/aromatic N) is 4. The molecule has 7 heteroatoms. The number of para-hydroxylation sites is 2. The summed E-state index contributed by atoms with van der Waals surface area (Å²) in [6.45, 7) is 7.20. The predicted molar refractivity (Wildman–Crippen MR) is 111 cm³/mol. The minimum atomic E-state index is -0.00630. The van der Waals surface area contributed by atoms with Crippen molar-refractivity contribution in [3.8, 4) is 5.75 Å². The molecule has 1 atom stereocenters. The summed E-state index contributed by atoms with van der Waals surface area (Å²) in [6.07, 6.45) is 4.84. The molecule has 0 bridgehead atoms. The number of benzene rings is 1. The Hall–Kier alpha value is -2.54. The Balaban J connectivity index is 1.33. The van der Waals surface area contributed by atoms with Crippen LogP contribution in [0.1, 0.15) is 42.6 Å². The fourth-order valence-electron chi connectivity index (χ4n) is 4.26. The third-order valence-electron chi connectivity index (χ3n) is 5.99. The van der Waals surface area contributed by atoms with Crippen molar-refractivity contribution in [2.45, 2.75) is 38.8 Å². The van der Waals surface area contributed by atoms with Crippen molar-refractivity contribution in [2.75, 3.05) is 44.7 Å². The summed E-state index contributed by atoms with van der Waals surface area (Å²) in [5.41, 5.74) is 1.57. The Labute approximate surface area is 172 Å². The second-order valence-corrected chi connectivity index (χ2v) is 7.90. The van der Waals surface area contributed by atoms with Crippen LogP contribution in [0.25, 0.3) is 0 Å². The van der Waals surface area contributed by atoms with Crippen LogP contribution in [0.2, 0.25) is 0 Å². The van der Waals surface area contributed by atoms with Crippen LogP contribution in [0.3, 0.4) is 0 Å². The van der Waals surface area contributed by atoms with Crippen molar-refractivity contribution < 1.29 is 13.9 Å². The molecule has 4 rings (SSSR count). The average Bonchev–Trinajstić information content (AvgIpc) is 3.22. The molecule has 156 valence electrons. The van der Waals surface area contributed by atoms with Crippen molar-refractivity contribution in [3.63, 3.8) is 0 Å². The van der Waals surface area contributed by atoms with E-state index in [4.69, 9.17) is 9.15 Å². The highest BCUT2D eigenvalue weighted by Gasteiger charge is 2.27. The van der Waals surface area contributed by atoms with Crippen LogP contribution in [0, 0.1) is 0 Å². The van der Waals surface area contributed by atoms with Gasteiger partial charge in [0.1, 0.15) is 12.0 Å². The summed E-state index contributed by atoms with van der Waals surface area (Å²) in [4.78, 5) is 23.8. The van der Waals surface area contributed by atoms with Gasteiger partial charge in [0.2, 0.25) is 5.89 Å². The van der Waals surface area contributed by atoms with Crippen molar-refractivity contribution in [1.29, 1.82) is 0 Å². The molecule has 0 saturated carbocycles. The standard InChI is InChI=1S/C22H30N4O3/c1-17-7-5-6-10-26(17)22(27)18-16-29-21(23-18)15-24-11-13-25(14-12-24)19-8-3-4-9-20(19)28-2/h3-4,8-9,16-17H,5-7,10-15H2,1-2H3. The minimum Gasteiger partial charge on any atom is -0.495 e. The van der Waals surface area contributed by atoms with Crippen LogP contribution in [-0.2, 0) is 6.54 Å². The van der Waals surface area contributed by atoms with E-state index in [1.54, 1.807) is 7.11 Å². The molecule has 2 saturated heterocycles. The summed E-state index contributed by atoms with van der Waals surface area (Å²) in [5.74, 6) is 1.51. The van der Waals surface area contributed by atoms with Crippen LogP contribution in [0.5, 0.6) is 5.75 Å². The number of methoxy groups -OCH3 is 1. The molecule has 3 heterocycles. The molecule has 1 amide bonds. The second kappa shape index (κ2) is 8.86. The van der Waals surface area contributed by atoms with Crippen LogP contribution in [-0.4, -0.2) is 66.6 Å². The molecule has 29 heavy (non-hydrogen) atoms. The first-order valence-corrected chi connectivity index (χ1v) is 10.5. The number of piperazine rings is 1. The maximum atomic E-state index is 12.7. The largest absolute Gasteiger partial charge is 0.495 e. The summed E-state index contributed by atoms with van der Waals surface area (Å²) >= 11 is 0. The molecular weight excluding hydrogens is 368 g/mol. The van der Waals surface area contributed by atoms with Gasteiger partial charge in [0.25, 0.3) is 5.91 Å². The van der Waals surface area contributed by atoms with Crippen LogP contribution in [0.15, 0.2) is 34.9 Å². The summed E-state index contributed by atoms with van der Waals surface area (Å²) < 4.78 is 11.1. The Morgan fingerprint density at radius 3 is 2.72 bits per heavy atom. The summed E-state index contributed by atoms with van der Waals surface area (Å²) in [6, 6.07) is 8.40. The number of oxazole rings is 1. The number of rotatable bonds is 5. The Bertz CT molecular complexity index is 829. The zero-order valence-corrected chi connectivity index (χ0v) is 17.3. The van der Waals surface area contributed by atoms with E-state index in [1.165, 1.54) is 12.7 Å². The van der Waals surface area contributed by atoms with Gasteiger partial charge in [0.05, 0.1) is 19.3 Å². The van der Waals surface area contributed by atoms with Gasteiger partial charge in [0.15, 0.2) is 5.69 Å². The summed E-state index contributed by atoms with van der Waals surface area (Å²) in [7, 11) is 1.71. The highest BCUT2D eigenvalue weighted by Crippen LogP contribution is 2.28. The fraction of sp³-hybridized carbons (Fsp3) is 0.545. The summed E-state index contributed by atoms with van der Waals surface area (Å²) in [5, 5.41) is 0. The zero-order chi connectivity index (χ0) is 20.2. The van der Waals surface area contributed by atoms with Crippen molar-refractivity contribution in [3.05, 3.63) is 42.1 Å². The molecule has 0 spiro atoms. The number of carbonyl (C=O) groups excluding carboxylic acids is 1. The monoisotopic (exact) mass is 398 g/mol. The fourth-order valence-corrected chi connectivity index (χ4v) is 4.26. The normalized spacial score (nSPS) is 20.7. The maximum Gasteiger partial charge on any atom is 0.276 e. The third kappa shape index (κ3) is 4.40. The van der Waals surface area contributed by atoms with Gasteiger partial charge in [-0.2, -0.15) is 0 Å². The first-order valence-electron chi connectivity index (χ1n) is 10.5. The van der Waals surface area contributed by atoms with E-state index in [0.29, 0.717) is 18.1 Å². The van der Waals surface area contributed by atoms with E-state index in [9.17, 15) is 4.79 Å². The lowest BCUT2D eigenvalue weighted by Gasteiger charge is -2.36. The van der Waals surface area contributed by atoms with E-state index in [1.807, 2.05) is 23.1 Å². The zero-order valence-electron chi connectivity index (χ0n) is 17.3. The lowest BCUT2D eigenvalue weighted by atomic mass is 10.0. The molecule has 1 aromatic carbocycles. The SMILES string of the molecule is COc1ccccc1N1CCN(Cc2nc(C(=O)N3CCCCC3C)co2)CC1. The molecule has 0 aliphatic carbocycles. The average molecular weight is 399 g/mol. The maximum absolute atomic E-state index is 12.7. The number of piperidine rings is 1. The highest BCUT2D eigenvalue weighted by molar-refractivity contribution is 5.92. The first kappa shape index (κ1) is 19.8. The molecule has 2 aromatic rings. The topological polar surface area (TPSA) is 62.1 Å². The highest BCUT2D eigenvalue weighted by atomic mass is 16.5. The van der Waals surface area contributed by atoms with E-state index in [-0.39, 0.29) is 11.9 Å². The number of aromatic nitrogens is 1. The lowest BCUT2D eigenvalue weighted by Crippen LogP contribution is -2.46. The van der Waals surface area contributed by atoms with E-state index in [2.05, 4.69) is 27.8 Å². The Morgan fingerprint density at radius 1 is 1.17 bits per heavy atom. The number of hydrogen-bond donors (Lipinski definition) is 0. The van der Waals surface area contributed by atoms with Gasteiger partial charge < -0.3 is 19.0 Å². The number of carbonyl (C=O) groups is 1. The number of anilines is 1. The lowest BCUT2D eigenvalue weighted by molar-refractivity contribution is 0.0629. The molecule has 2 aliphatic heterocycles. The van der Waals surface area contributed by atoms with E-state index < -0.39 is 0 Å². The molecule has 0 radical (unpaired) electrons. The molecule has 7 nitrogen and oxygen atoms in total. The van der Waals surface area contributed by atoms with Crippen molar-refractivity contribution in [2.24, 2.45) is 0 Å². The molecule has 1 aromatic heterocycles. The van der Waals surface area contributed by atoms with Crippen molar-refractivity contribution >= 4 is 11.6 Å². The van der Waals surface area contributed by atoms with Gasteiger partial charge in [-0.05, 0) is 38.3 Å². The van der Waals surface area contributed by atoms with Gasteiger partial charge in [-0.3, -0.25) is 9.69 Å². The number of hydrogen-bond acceptors (Lipinski definition) is 6. The molecule has 2 fully saturated rings. The molecule has 1 unspecified atom stereocenters. The smallest absolute Gasteiger partial charge is 0.276 e. The van der Waals surface area contributed by atoms with Gasteiger partial charge in [0, 0.05) is 38.8 Å². The number of amides is 1. The van der Waals surface area contributed by atoms with Crippen LogP contribution < -0.4 is 9.64 Å². The molecular formula is C22H30N4O3. The van der Waals surface area contributed by atoms with Gasteiger partial charge in [-0.25, -0.2) is 4.98 Å². The third-order valence-corrected chi connectivity index (χ3v) is 5.99.